The first kappa shape index (κ1) is 21.6. The fraction of sp³-hybridized carbons (Fsp3) is 0.259. The number of rotatable bonds is 4. The molecule has 1 spiro atoms. The number of hydrogen-bond acceptors (Lipinski definition) is 4. The smallest absolute Gasteiger partial charge is 0.268 e. The molecular weight excluding hydrogens is 432 g/mol. The van der Waals surface area contributed by atoms with E-state index in [0.29, 0.717) is 30.2 Å². The van der Waals surface area contributed by atoms with Crippen LogP contribution in [0.5, 0.6) is 5.75 Å². The number of nitrogens with zero attached hydrogens (tertiary/aromatic N) is 2. The Hall–Kier alpha value is -3.25. The van der Waals surface area contributed by atoms with Crippen LogP contribution in [0.15, 0.2) is 66.7 Å². The quantitative estimate of drug-likeness (QED) is 0.558. The van der Waals surface area contributed by atoms with Gasteiger partial charge in [0.25, 0.3) is 11.8 Å². The van der Waals surface area contributed by atoms with E-state index >= 15 is 0 Å². The zero-order valence-corrected chi connectivity index (χ0v) is 19.8. The Labute approximate surface area is 198 Å². The molecule has 1 atom stereocenters. The molecule has 168 valence electrons. The lowest BCUT2D eigenvalue weighted by Crippen LogP contribution is -2.50. The van der Waals surface area contributed by atoms with Crippen LogP contribution in [0.25, 0.3) is 0 Å². The highest BCUT2D eigenvalue weighted by molar-refractivity contribution is 8.01. The largest absolute Gasteiger partial charge is 0.497 e. The normalized spacial score (nSPS) is 19.3. The van der Waals surface area contributed by atoms with E-state index in [9.17, 15) is 9.59 Å². The Morgan fingerprint density at radius 3 is 2.55 bits per heavy atom. The fourth-order valence-electron chi connectivity index (χ4n) is 4.67. The second-order valence-corrected chi connectivity index (χ2v) is 9.87. The minimum Gasteiger partial charge on any atom is -0.497 e. The van der Waals surface area contributed by atoms with Crippen molar-refractivity contribution in [3.8, 4) is 5.75 Å². The number of anilines is 1. The van der Waals surface area contributed by atoms with Gasteiger partial charge in [-0.3, -0.25) is 9.59 Å². The van der Waals surface area contributed by atoms with E-state index < -0.39 is 4.87 Å². The molecule has 33 heavy (non-hydrogen) atoms. The predicted molar refractivity (Wildman–Crippen MR) is 132 cm³/mol. The third-order valence-electron chi connectivity index (χ3n) is 6.37. The molecule has 2 aliphatic heterocycles. The average Bonchev–Trinajstić information content (AvgIpc) is 3.37. The van der Waals surface area contributed by atoms with Crippen molar-refractivity contribution in [3.63, 3.8) is 0 Å². The summed E-state index contributed by atoms with van der Waals surface area (Å²) < 4.78 is 5.32. The van der Waals surface area contributed by atoms with Crippen LogP contribution in [-0.4, -0.2) is 36.1 Å². The van der Waals surface area contributed by atoms with E-state index in [0.717, 1.165) is 22.4 Å². The highest BCUT2D eigenvalue weighted by atomic mass is 32.2. The molecule has 6 heteroatoms. The van der Waals surface area contributed by atoms with E-state index in [4.69, 9.17) is 4.74 Å². The number of ether oxygens (including phenoxy) is 1. The molecular formula is C27H26N2O3S. The van der Waals surface area contributed by atoms with Gasteiger partial charge in [-0.05, 0) is 43.7 Å². The van der Waals surface area contributed by atoms with Gasteiger partial charge in [0, 0.05) is 23.4 Å². The van der Waals surface area contributed by atoms with Gasteiger partial charge >= 0.3 is 0 Å². The lowest BCUT2D eigenvalue weighted by atomic mass is 10.0. The van der Waals surface area contributed by atoms with Crippen LogP contribution < -0.4 is 9.64 Å². The summed E-state index contributed by atoms with van der Waals surface area (Å²) >= 11 is 1.55. The summed E-state index contributed by atoms with van der Waals surface area (Å²) in [7, 11) is 1.58. The molecule has 0 unspecified atom stereocenters. The Morgan fingerprint density at radius 2 is 1.79 bits per heavy atom. The molecule has 2 amide bonds. The molecule has 0 N–H and O–H groups in total. The van der Waals surface area contributed by atoms with Crippen LogP contribution in [0.4, 0.5) is 5.69 Å². The molecule has 0 aliphatic carbocycles. The van der Waals surface area contributed by atoms with Gasteiger partial charge in [0.05, 0.1) is 19.3 Å². The van der Waals surface area contributed by atoms with Crippen LogP contribution in [0, 0.1) is 13.8 Å². The first-order chi connectivity index (χ1) is 15.9. The number of aryl methyl sites for hydroxylation is 2. The SMILES string of the molecule is COc1cccc(C(=O)N2CCS[C@]23C(=O)N(Cc2ccc(C)cc2)c2ccc(C)cc23)c1. The second-order valence-electron chi connectivity index (χ2n) is 8.58. The van der Waals surface area contributed by atoms with Gasteiger partial charge < -0.3 is 14.5 Å². The summed E-state index contributed by atoms with van der Waals surface area (Å²) in [6.07, 6.45) is 0. The van der Waals surface area contributed by atoms with Gasteiger partial charge in [0.15, 0.2) is 4.87 Å². The maximum Gasteiger partial charge on any atom is 0.268 e. The molecule has 3 aromatic rings. The van der Waals surface area contributed by atoms with E-state index in [1.807, 2.05) is 30.0 Å². The third-order valence-corrected chi connectivity index (χ3v) is 7.79. The molecule has 1 saturated heterocycles. The average molecular weight is 459 g/mol. The zero-order chi connectivity index (χ0) is 23.2. The molecule has 5 nitrogen and oxygen atoms in total. The van der Waals surface area contributed by atoms with E-state index in [1.165, 1.54) is 5.56 Å². The lowest BCUT2D eigenvalue weighted by molar-refractivity contribution is -0.123. The first-order valence-electron chi connectivity index (χ1n) is 11.0. The maximum atomic E-state index is 14.1. The zero-order valence-electron chi connectivity index (χ0n) is 19.0. The summed E-state index contributed by atoms with van der Waals surface area (Å²) in [5, 5.41) is 0. The fourth-order valence-corrected chi connectivity index (χ4v) is 6.13. The Kier molecular flexibility index (Phi) is 5.41. The molecule has 0 bridgehead atoms. The van der Waals surface area contributed by atoms with Crippen LogP contribution in [0.2, 0.25) is 0 Å². The minimum absolute atomic E-state index is 0.0533. The highest BCUT2D eigenvalue weighted by Crippen LogP contribution is 2.55. The van der Waals surface area contributed by atoms with Crippen molar-refractivity contribution in [1.82, 2.24) is 4.90 Å². The van der Waals surface area contributed by atoms with Gasteiger partial charge in [-0.2, -0.15) is 0 Å². The van der Waals surface area contributed by atoms with Gasteiger partial charge in [-0.15, -0.1) is 11.8 Å². The molecule has 0 saturated carbocycles. The summed E-state index contributed by atoms with van der Waals surface area (Å²) in [5.74, 6) is 1.11. The van der Waals surface area contributed by atoms with Crippen molar-refractivity contribution in [2.75, 3.05) is 24.3 Å². The molecule has 2 aliphatic rings. The topological polar surface area (TPSA) is 49.9 Å². The number of carbonyl (C=O) groups is 2. The monoisotopic (exact) mass is 458 g/mol. The molecule has 0 aromatic heterocycles. The Balaban J connectivity index is 1.58. The van der Waals surface area contributed by atoms with Crippen molar-refractivity contribution >= 4 is 29.3 Å². The number of carbonyl (C=O) groups excluding carboxylic acids is 2. The van der Waals surface area contributed by atoms with E-state index in [1.54, 1.807) is 42.0 Å². The van der Waals surface area contributed by atoms with Crippen LogP contribution in [-0.2, 0) is 16.2 Å². The van der Waals surface area contributed by atoms with Crippen LogP contribution in [0.3, 0.4) is 0 Å². The van der Waals surface area contributed by atoms with Crippen molar-refractivity contribution in [2.45, 2.75) is 25.3 Å². The number of hydrogen-bond donors (Lipinski definition) is 0. The molecule has 1 fully saturated rings. The van der Waals surface area contributed by atoms with Crippen LogP contribution >= 0.6 is 11.8 Å². The number of methoxy groups -OCH3 is 1. The lowest BCUT2D eigenvalue weighted by Gasteiger charge is -2.33. The first-order valence-corrected chi connectivity index (χ1v) is 12.0. The summed E-state index contributed by atoms with van der Waals surface area (Å²) in [6.45, 7) is 5.06. The summed E-state index contributed by atoms with van der Waals surface area (Å²) in [5.41, 5.74) is 5.61. The molecule has 0 radical (unpaired) electrons. The third kappa shape index (κ3) is 3.49. The van der Waals surface area contributed by atoms with E-state index in [2.05, 4.69) is 37.3 Å². The molecule has 3 aromatic carbocycles. The Bertz CT molecular complexity index is 1240. The standard InChI is InChI=1S/C27H26N2O3S/c1-18-7-10-20(11-8-18)17-28-24-12-9-19(2)15-23(24)27(26(28)31)29(13-14-33-27)25(30)21-5-4-6-22(16-21)32-3/h4-12,15-16H,13-14,17H2,1-3H3/t27-/m1/s1. The van der Waals surface area contributed by atoms with E-state index in [-0.39, 0.29) is 11.8 Å². The number of benzene rings is 3. The molecule has 5 rings (SSSR count). The molecule has 2 heterocycles. The van der Waals surface area contributed by atoms with Gasteiger partial charge in [0.2, 0.25) is 0 Å². The van der Waals surface area contributed by atoms with Gasteiger partial charge in [0.1, 0.15) is 5.75 Å². The number of thioether (sulfide) groups is 1. The summed E-state index contributed by atoms with van der Waals surface area (Å²) in [6, 6.07) is 21.5. The van der Waals surface area contributed by atoms with Crippen molar-refractivity contribution in [2.24, 2.45) is 0 Å². The summed E-state index contributed by atoms with van der Waals surface area (Å²) in [4.78, 5) is 30.4. The number of fused-ring (bicyclic) bond motifs is 2. The maximum absolute atomic E-state index is 14.1. The van der Waals surface area contributed by atoms with Crippen molar-refractivity contribution < 1.29 is 14.3 Å². The predicted octanol–water partition coefficient (Wildman–Crippen LogP) is 4.90. The van der Waals surface area contributed by atoms with Gasteiger partial charge in [-0.25, -0.2) is 0 Å². The second kappa shape index (κ2) is 8.27. The minimum atomic E-state index is -1.05. The van der Waals surface area contributed by atoms with Crippen molar-refractivity contribution in [1.29, 1.82) is 0 Å². The Morgan fingerprint density at radius 1 is 1.03 bits per heavy atom. The van der Waals surface area contributed by atoms with Crippen molar-refractivity contribution in [3.05, 3.63) is 94.5 Å². The van der Waals surface area contributed by atoms with Gasteiger partial charge in [-0.1, -0.05) is 53.6 Å². The number of amides is 2. The highest BCUT2D eigenvalue weighted by Gasteiger charge is 2.59. The van der Waals surface area contributed by atoms with Crippen LogP contribution in [0.1, 0.15) is 32.6 Å².